The van der Waals surface area contributed by atoms with Crippen molar-refractivity contribution in [3.05, 3.63) is 35.4 Å². The molecule has 0 aliphatic carbocycles. The Bertz CT molecular complexity index is 513. The third kappa shape index (κ3) is 2.34. The van der Waals surface area contributed by atoms with Gasteiger partial charge in [-0.3, -0.25) is 4.79 Å². The monoisotopic (exact) mass is 274 g/mol. The highest BCUT2D eigenvalue weighted by atomic mass is 16.5. The fraction of sp³-hybridized carbons (Fsp3) is 0.562. The lowest BCUT2D eigenvalue weighted by atomic mass is 9.88. The summed E-state index contributed by atoms with van der Waals surface area (Å²) in [5, 5.41) is 3.36. The summed E-state index contributed by atoms with van der Waals surface area (Å²) in [6.45, 7) is 7.66. The Balaban J connectivity index is 1.88. The molecule has 1 aromatic rings. The number of hydrogen-bond donors (Lipinski definition) is 1. The summed E-state index contributed by atoms with van der Waals surface area (Å²) in [7, 11) is 0. The molecule has 1 unspecified atom stereocenters. The molecule has 0 spiro atoms. The first-order valence-electron chi connectivity index (χ1n) is 7.27. The molecular weight excluding hydrogens is 252 g/mol. The van der Waals surface area contributed by atoms with Gasteiger partial charge in [0.25, 0.3) is 0 Å². The van der Waals surface area contributed by atoms with Crippen LogP contribution in [0.4, 0.5) is 0 Å². The van der Waals surface area contributed by atoms with E-state index in [1.807, 2.05) is 17.0 Å². The molecule has 2 aliphatic heterocycles. The Hall–Kier alpha value is -1.39. The number of nitrogens with zero attached hydrogens (tertiary/aromatic N) is 1. The second kappa shape index (κ2) is 5.19. The van der Waals surface area contributed by atoms with Crippen molar-refractivity contribution >= 4 is 5.91 Å². The Kier molecular flexibility index (Phi) is 3.52. The topological polar surface area (TPSA) is 41.6 Å². The fourth-order valence-corrected chi connectivity index (χ4v) is 3.17. The van der Waals surface area contributed by atoms with Crippen LogP contribution in [0.1, 0.15) is 30.9 Å². The minimum atomic E-state index is -0.221. The highest BCUT2D eigenvalue weighted by Gasteiger charge is 2.38. The largest absolute Gasteiger partial charge is 0.377 e. The average Bonchev–Trinajstić information content (AvgIpc) is 2.45. The number of amides is 1. The number of morpholine rings is 1. The Morgan fingerprint density at radius 2 is 2.20 bits per heavy atom. The molecule has 2 heterocycles. The SMILES string of the molecule is CC1(C)COCCN1C(=O)C1CNCc2ccccc21. The van der Waals surface area contributed by atoms with Crippen LogP contribution in [0.25, 0.3) is 0 Å². The molecule has 2 aliphatic rings. The first-order valence-corrected chi connectivity index (χ1v) is 7.27. The average molecular weight is 274 g/mol. The van der Waals surface area contributed by atoms with E-state index < -0.39 is 0 Å². The lowest BCUT2D eigenvalue weighted by molar-refractivity contribution is -0.148. The van der Waals surface area contributed by atoms with E-state index in [1.54, 1.807) is 0 Å². The summed E-state index contributed by atoms with van der Waals surface area (Å²) in [5.41, 5.74) is 2.20. The van der Waals surface area contributed by atoms with Crippen molar-refractivity contribution in [3.8, 4) is 0 Å². The number of carbonyl (C=O) groups is 1. The van der Waals surface area contributed by atoms with Crippen molar-refractivity contribution < 1.29 is 9.53 Å². The molecule has 20 heavy (non-hydrogen) atoms. The van der Waals surface area contributed by atoms with Crippen LogP contribution in [0.5, 0.6) is 0 Å². The third-order valence-corrected chi connectivity index (χ3v) is 4.30. The van der Waals surface area contributed by atoms with Crippen LogP contribution in [0, 0.1) is 0 Å². The molecule has 1 aromatic carbocycles. The zero-order valence-corrected chi connectivity index (χ0v) is 12.2. The summed E-state index contributed by atoms with van der Waals surface area (Å²) in [6, 6.07) is 8.25. The van der Waals surface area contributed by atoms with Gasteiger partial charge in [-0.1, -0.05) is 24.3 Å². The maximum atomic E-state index is 13.0. The number of fused-ring (bicyclic) bond motifs is 1. The second-order valence-corrected chi connectivity index (χ2v) is 6.24. The molecule has 108 valence electrons. The standard InChI is InChI=1S/C16H22N2O2/c1-16(2)11-20-8-7-18(16)15(19)14-10-17-9-12-5-3-4-6-13(12)14/h3-6,14,17H,7-11H2,1-2H3. The number of nitrogens with one attached hydrogen (secondary N) is 1. The molecule has 4 heteroatoms. The third-order valence-electron chi connectivity index (χ3n) is 4.30. The van der Waals surface area contributed by atoms with Gasteiger partial charge in [0, 0.05) is 19.6 Å². The molecule has 1 amide bonds. The molecule has 1 atom stereocenters. The molecule has 0 radical (unpaired) electrons. The van der Waals surface area contributed by atoms with E-state index in [0.29, 0.717) is 19.8 Å². The van der Waals surface area contributed by atoms with Crippen molar-refractivity contribution in [2.24, 2.45) is 0 Å². The number of ether oxygens (including phenoxy) is 1. The number of carbonyl (C=O) groups excluding carboxylic acids is 1. The van der Waals surface area contributed by atoms with E-state index in [2.05, 4.69) is 31.3 Å². The van der Waals surface area contributed by atoms with E-state index in [4.69, 9.17) is 4.74 Å². The van der Waals surface area contributed by atoms with E-state index in [0.717, 1.165) is 13.1 Å². The smallest absolute Gasteiger partial charge is 0.232 e. The molecule has 0 saturated carbocycles. The zero-order chi connectivity index (χ0) is 14.2. The van der Waals surface area contributed by atoms with E-state index in [9.17, 15) is 4.79 Å². The first-order chi connectivity index (χ1) is 9.59. The number of rotatable bonds is 1. The minimum Gasteiger partial charge on any atom is -0.377 e. The molecule has 3 rings (SSSR count). The molecule has 1 N–H and O–H groups in total. The predicted octanol–water partition coefficient (Wildman–Crippen LogP) is 1.51. The van der Waals surface area contributed by atoms with E-state index in [1.165, 1.54) is 11.1 Å². The second-order valence-electron chi connectivity index (χ2n) is 6.24. The van der Waals surface area contributed by atoms with Crippen LogP contribution in [-0.4, -0.2) is 42.6 Å². The summed E-state index contributed by atoms with van der Waals surface area (Å²) < 4.78 is 5.51. The zero-order valence-electron chi connectivity index (χ0n) is 12.2. The van der Waals surface area contributed by atoms with Crippen LogP contribution in [0.15, 0.2) is 24.3 Å². The Morgan fingerprint density at radius 3 is 3.00 bits per heavy atom. The van der Waals surface area contributed by atoms with Gasteiger partial charge >= 0.3 is 0 Å². The summed E-state index contributed by atoms with van der Waals surface area (Å²) in [5.74, 6) is 0.148. The number of hydrogen-bond acceptors (Lipinski definition) is 3. The minimum absolute atomic E-state index is 0.0719. The van der Waals surface area contributed by atoms with Gasteiger partial charge in [-0.05, 0) is 25.0 Å². The highest BCUT2D eigenvalue weighted by Crippen LogP contribution is 2.29. The maximum absolute atomic E-state index is 13.0. The lowest BCUT2D eigenvalue weighted by Gasteiger charge is -2.44. The van der Waals surface area contributed by atoms with Crippen LogP contribution in [0.2, 0.25) is 0 Å². The quantitative estimate of drug-likeness (QED) is 0.844. The van der Waals surface area contributed by atoms with Crippen LogP contribution < -0.4 is 5.32 Å². The van der Waals surface area contributed by atoms with Gasteiger partial charge in [0.15, 0.2) is 0 Å². The van der Waals surface area contributed by atoms with E-state index >= 15 is 0 Å². The van der Waals surface area contributed by atoms with Gasteiger partial charge in [0.2, 0.25) is 5.91 Å². The molecule has 1 fully saturated rings. The lowest BCUT2D eigenvalue weighted by Crippen LogP contribution is -2.57. The summed E-state index contributed by atoms with van der Waals surface area (Å²) in [4.78, 5) is 15.0. The Labute approximate surface area is 120 Å². The summed E-state index contributed by atoms with van der Waals surface area (Å²) in [6.07, 6.45) is 0. The Morgan fingerprint density at radius 1 is 1.40 bits per heavy atom. The van der Waals surface area contributed by atoms with Crippen molar-refractivity contribution in [2.75, 3.05) is 26.3 Å². The van der Waals surface area contributed by atoms with Crippen molar-refractivity contribution in [1.29, 1.82) is 0 Å². The first kappa shape index (κ1) is 13.6. The normalized spacial score (nSPS) is 25.1. The van der Waals surface area contributed by atoms with Gasteiger partial charge in [0.05, 0.1) is 24.7 Å². The molecule has 4 nitrogen and oxygen atoms in total. The van der Waals surface area contributed by atoms with Gasteiger partial charge in [0.1, 0.15) is 0 Å². The van der Waals surface area contributed by atoms with Gasteiger partial charge in [-0.15, -0.1) is 0 Å². The fourth-order valence-electron chi connectivity index (χ4n) is 3.17. The predicted molar refractivity (Wildman–Crippen MR) is 77.5 cm³/mol. The number of benzene rings is 1. The van der Waals surface area contributed by atoms with Crippen LogP contribution >= 0.6 is 0 Å². The van der Waals surface area contributed by atoms with E-state index in [-0.39, 0.29) is 17.4 Å². The molecule has 0 aromatic heterocycles. The van der Waals surface area contributed by atoms with Crippen molar-refractivity contribution in [3.63, 3.8) is 0 Å². The molecule has 0 bridgehead atoms. The van der Waals surface area contributed by atoms with Crippen molar-refractivity contribution in [1.82, 2.24) is 10.2 Å². The van der Waals surface area contributed by atoms with Gasteiger partial charge in [-0.2, -0.15) is 0 Å². The van der Waals surface area contributed by atoms with Gasteiger partial charge in [-0.25, -0.2) is 0 Å². The summed E-state index contributed by atoms with van der Waals surface area (Å²) >= 11 is 0. The molecular formula is C16H22N2O2. The van der Waals surface area contributed by atoms with Gasteiger partial charge < -0.3 is 15.0 Å². The van der Waals surface area contributed by atoms with Crippen LogP contribution in [0.3, 0.4) is 0 Å². The van der Waals surface area contributed by atoms with Crippen LogP contribution in [-0.2, 0) is 16.1 Å². The molecule has 1 saturated heterocycles. The van der Waals surface area contributed by atoms with Crippen molar-refractivity contribution in [2.45, 2.75) is 31.8 Å². The highest BCUT2D eigenvalue weighted by molar-refractivity contribution is 5.85. The maximum Gasteiger partial charge on any atom is 0.232 e.